The Balaban J connectivity index is 1.86. The number of hydrogen-bond donors (Lipinski definition) is 1. The van der Waals surface area contributed by atoms with Crippen molar-refractivity contribution in [3.05, 3.63) is 47.4 Å². The largest absolute Gasteiger partial charge is 0.477 e. The van der Waals surface area contributed by atoms with E-state index in [0.29, 0.717) is 10.8 Å². The number of carbonyl (C=O) groups is 1. The molecule has 1 aromatic carbocycles. The number of aromatic carboxylic acids is 1. The Bertz CT molecular complexity index is 814. The molecule has 0 unspecified atom stereocenters. The maximum atomic E-state index is 11.1. The van der Waals surface area contributed by atoms with Gasteiger partial charge in [0.1, 0.15) is 4.88 Å². The van der Waals surface area contributed by atoms with E-state index < -0.39 is 5.97 Å². The van der Waals surface area contributed by atoms with Gasteiger partial charge in [0.15, 0.2) is 0 Å². The number of imidazole rings is 1. The van der Waals surface area contributed by atoms with Crippen LogP contribution in [0.15, 0.2) is 36.8 Å². The van der Waals surface area contributed by atoms with Crippen molar-refractivity contribution in [2.45, 2.75) is 18.8 Å². The van der Waals surface area contributed by atoms with Crippen LogP contribution in [0.25, 0.3) is 15.8 Å². The molecule has 0 atom stereocenters. The molecule has 1 fully saturated rings. The number of carboxylic acids is 1. The van der Waals surface area contributed by atoms with E-state index in [4.69, 9.17) is 5.11 Å². The van der Waals surface area contributed by atoms with E-state index in [0.717, 1.165) is 21.5 Å². The van der Waals surface area contributed by atoms with Gasteiger partial charge in [-0.15, -0.1) is 11.3 Å². The quantitative estimate of drug-likeness (QED) is 0.798. The fourth-order valence-corrected chi connectivity index (χ4v) is 3.36. The monoisotopic (exact) mass is 284 g/mol. The van der Waals surface area contributed by atoms with Crippen LogP contribution in [-0.4, -0.2) is 20.6 Å². The first-order chi connectivity index (χ1) is 9.72. The molecule has 0 radical (unpaired) electrons. The number of fused-ring (bicyclic) bond motifs is 1. The Morgan fingerprint density at radius 2 is 2.25 bits per heavy atom. The van der Waals surface area contributed by atoms with Gasteiger partial charge in [0.25, 0.3) is 0 Å². The highest BCUT2D eigenvalue weighted by Gasteiger charge is 2.26. The van der Waals surface area contributed by atoms with Crippen molar-refractivity contribution >= 4 is 27.4 Å². The number of hydrogen-bond acceptors (Lipinski definition) is 3. The Morgan fingerprint density at radius 3 is 3.00 bits per heavy atom. The molecular weight excluding hydrogens is 272 g/mol. The fourth-order valence-electron chi connectivity index (χ4n) is 2.44. The summed E-state index contributed by atoms with van der Waals surface area (Å²) < 4.78 is 2.98. The first-order valence-corrected chi connectivity index (χ1v) is 7.34. The lowest BCUT2D eigenvalue weighted by atomic mass is 10.2. The van der Waals surface area contributed by atoms with Gasteiger partial charge in [-0.3, -0.25) is 0 Å². The average molecular weight is 284 g/mol. The third kappa shape index (κ3) is 1.82. The van der Waals surface area contributed by atoms with Gasteiger partial charge < -0.3 is 9.67 Å². The highest BCUT2D eigenvalue weighted by atomic mass is 32.1. The van der Waals surface area contributed by atoms with E-state index in [1.54, 1.807) is 6.07 Å². The standard InChI is InChI=1S/C15H12N2O2S/c18-15(19)14-6-10-12(2-1-3-13(10)20-14)17-7-11(16-8-17)9-4-5-9/h1-3,6-9H,4-5H2,(H,18,19). The normalized spacial score (nSPS) is 14.8. The molecule has 3 aromatic rings. The van der Waals surface area contributed by atoms with Gasteiger partial charge in [-0.25, -0.2) is 9.78 Å². The van der Waals surface area contributed by atoms with Gasteiger partial charge in [0.2, 0.25) is 0 Å². The molecule has 100 valence electrons. The second-order valence-corrected chi connectivity index (χ2v) is 6.17. The molecule has 0 saturated heterocycles. The van der Waals surface area contributed by atoms with E-state index in [2.05, 4.69) is 11.2 Å². The van der Waals surface area contributed by atoms with Crippen molar-refractivity contribution in [2.24, 2.45) is 0 Å². The lowest BCUT2D eigenvalue weighted by Gasteiger charge is -2.03. The third-order valence-electron chi connectivity index (χ3n) is 3.63. The summed E-state index contributed by atoms with van der Waals surface area (Å²) in [5.74, 6) is -0.256. The molecule has 1 N–H and O–H groups in total. The van der Waals surface area contributed by atoms with Crippen LogP contribution in [0.2, 0.25) is 0 Å². The lowest BCUT2D eigenvalue weighted by molar-refractivity contribution is 0.0702. The molecule has 5 heteroatoms. The maximum Gasteiger partial charge on any atom is 0.345 e. The van der Waals surface area contributed by atoms with Crippen LogP contribution in [0.1, 0.15) is 34.1 Å². The minimum atomic E-state index is -0.874. The van der Waals surface area contributed by atoms with E-state index >= 15 is 0 Å². The molecule has 1 aliphatic carbocycles. The zero-order valence-electron chi connectivity index (χ0n) is 10.6. The second-order valence-electron chi connectivity index (χ2n) is 5.08. The van der Waals surface area contributed by atoms with E-state index in [9.17, 15) is 4.79 Å². The number of benzene rings is 1. The van der Waals surface area contributed by atoms with Crippen molar-refractivity contribution in [3.8, 4) is 5.69 Å². The van der Waals surface area contributed by atoms with Crippen LogP contribution in [0.3, 0.4) is 0 Å². The highest BCUT2D eigenvalue weighted by Crippen LogP contribution is 2.39. The molecule has 2 aromatic heterocycles. The van der Waals surface area contributed by atoms with E-state index in [-0.39, 0.29) is 0 Å². The number of nitrogens with zero attached hydrogens (tertiary/aromatic N) is 2. The summed E-state index contributed by atoms with van der Waals surface area (Å²) >= 11 is 1.31. The van der Waals surface area contributed by atoms with Crippen LogP contribution in [0.5, 0.6) is 0 Å². The molecule has 2 heterocycles. The summed E-state index contributed by atoms with van der Waals surface area (Å²) in [7, 11) is 0. The first-order valence-electron chi connectivity index (χ1n) is 6.52. The summed E-state index contributed by atoms with van der Waals surface area (Å²) in [5, 5.41) is 10.1. The zero-order chi connectivity index (χ0) is 13.7. The predicted molar refractivity (Wildman–Crippen MR) is 77.9 cm³/mol. The van der Waals surface area contributed by atoms with Crippen molar-refractivity contribution < 1.29 is 9.90 Å². The molecule has 4 nitrogen and oxygen atoms in total. The van der Waals surface area contributed by atoms with Crippen LogP contribution in [0.4, 0.5) is 0 Å². The number of rotatable bonds is 3. The number of thiophene rings is 1. The van der Waals surface area contributed by atoms with E-state index in [1.165, 1.54) is 24.2 Å². The first kappa shape index (κ1) is 11.7. The Labute approximate surface area is 119 Å². The Kier molecular flexibility index (Phi) is 2.44. The van der Waals surface area contributed by atoms with Gasteiger partial charge in [-0.2, -0.15) is 0 Å². The SMILES string of the molecule is O=C(O)c1cc2c(-n3cnc(C4CC4)c3)cccc2s1. The second kappa shape index (κ2) is 4.18. The van der Waals surface area contributed by atoms with Gasteiger partial charge in [0.05, 0.1) is 17.7 Å². The minimum absolute atomic E-state index is 0.370. The molecule has 0 aliphatic heterocycles. The van der Waals surface area contributed by atoms with Crippen molar-refractivity contribution in [3.63, 3.8) is 0 Å². The van der Waals surface area contributed by atoms with Crippen molar-refractivity contribution in [1.82, 2.24) is 9.55 Å². The lowest BCUT2D eigenvalue weighted by Crippen LogP contribution is -1.91. The molecule has 1 saturated carbocycles. The number of aromatic nitrogens is 2. The zero-order valence-corrected chi connectivity index (χ0v) is 11.4. The van der Waals surface area contributed by atoms with Gasteiger partial charge >= 0.3 is 5.97 Å². The van der Waals surface area contributed by atoms with Gasteiger partial charge in [-0.05, 0) is 31.0 Å². The summed E-state index contributed by atoms with van der Waals surface area (Å²) in [5.41, 5.74) is 2.13. The molecule has 1 aliphatic rings. The molecule has 0 amide bonds. The van der Waals surface area contributed by atoms with Gasteiger partial charge in [-0.1, -0.05) is 6.07 Å². The summed E-state index contributed by atoms with van der Waals surface area (Å²) in [4.78, 5) is 15.9. The van der Waals surface area contributed by atoms with Gasteiger partial charge in [0, 0.05) is 22.2 Å². The highest BCUT2D eigenvalue weighted by molar-refractivity contribution is 7.20. The minimum Gasteiger partial charge on any atom is -0.477 e. The Hall–Kier alpha value is -2.14. The van der Waals surface area contributed by atoms with Crippen LogP contribution in [0, 0.1) is 0 Å². The molecule has 0 bridgehead atoms. The third-order valence-corrected chi connectivity index (χ3v) is 4.71. The average Bonchev–Trinajstić information content (AvgIpc) is 3.02. The summed E-state index contributed by atoms with van der Waals surface area (Å²) in [6.07, 6.45) is 6.33. The number of carboxylic acid groups (broad SMARTS) is 1. The molecule has 20 heavy (non-hydrogen) atoms. The van der Waals surface area contributed by atoms with Crippen molar-refractivity contribution in [2.75, 3.05) is 0 Å². The Morgan fingerprint density at radius 1 is 1.40 bits per heavy atom. The van der Waals surface area contributed by atoms with E-state index in [1.807, 2.05) is 29.1 Å². The van der Waals surface area contributed by atoms with Crippen LogP contribution < -0.4 is 0 Å². The van der Waals surface area contributed by atoms with Crippen molar-refractivity contribution in [1.29, 1.82) is 0 Å². The molecular formula is C15H12N2O2S. The molecule has 0 spiro atoms. The molecule has 4 rings (SSSR count). The maximum absolute atomic E-state index is 11.1. The van der Waals surface area contributed by atoms with Crippen LogP contribution in [-0.2, 0) is 0 Å². The summed E-state index contributed by atoms with van der Waals surface area (Å²) in [6.45, 7) is 0. The summed E-state index contributed by atoms with van der Waals surface area (Å²) in [6, 6.07) is 7.65. The smallest absolute Gasteiger partial charge is 0.345 e. The van der Waals surface area contributed by atoms with Crippen LogP contribution >= 0.6 is 11.3 Å². The topological polar surface area (TPSA) is 55.1 Å². The fraction of sp³-hybridized carbons (Fsp3) is 0.200. The predicted octanol–water partition coefficient (Wildman–Crippen LogP) is 3.66.